The molecule has 1 aliphatic carbocycles. The summed E-state index contributed by atoms with van der Waals surface area (Å²) in [5, 5.41) is 14.7. The number of rotatable bonds is 0. The Morgan fingerprint density at radius 1 is 0.500 bits per heavy atom. The molecule has 6 aromatic carbocycles. The quantitative estimate of drug-likeness (QED) is 0.207. The third-order valence-electron chi connectivity index (χ3n) is 6.86. The molecular formula is C26H18. The average molecular weight is 330 g/mol. The highest BCUT2D eigenvalue weighted by atomic mass is 14.3. The molecule has 0 heteroatoms. The molecule has 0 spiro atoms. The van der Waals surface area contributed by atoms with Gasteiger partial charge in [0.2, 0.25) is 0 Å². The van der Waals surface area contributed by atoms with Gasteiger partial charge in [0.15, 0.2) is 0 Å². The summed E-state index contributed by atoms with van der Waals surface area (Å²) in [6.45, 7) is 4.54. The Morgan fingerprint density at radius 2 is 1.08 bits per heavy atom. The van der Waals surface area contributed by atoms with Gasteiger partial charge in [0, 0.05) is 0 Å². The van der Waals surface area contributed by atoms with Crippen molar-refractivity contribution in [1.29, 1.82) is 0 Å². The molecule has 0 N–H and O–H groups in total. The molecule has 26 heavy (non-hydrogen) atoms. The Morgan fingerprint density at radius 3 is 1.92 bits per heavy atom. The highest BCUT2D eigenvalue weighted by Gasteiger charge is 2.24. The van der Waals surface area contributed by atoms with Gasteiger partial charge in [-0.05, 0) is 103 Å². The maximum absolute atomic E-state index is 2.45. The smallest absolute Gasteiger partial charge is 0.00138 e. The molecule has 0 amide bonds. The van der Waals surface area contributed by atoms with Crippen LogP contribution in [0.25, 0.3) is 53.9 Å². The van der Waals surface area contributed by atoms with Crippen LogP contribution >= 0.6 is 0 Å². The zero-order chi connectivity index (χ0) is 17.2. The van der Waals surface area contributed by atoms with Crippen molar-refractivity contribution in [3.05, 3.63) is 70.8 Å². The van der Waals surface area contributed by atoms with E-state index >= 15 is 0 Å². The summed E-state index contributed by atoms with van der Waals surface area (Å²) in [5.41, 5.74) is 5.90. The highest BCUT2D eigenvalue weighted by Crippen LogP contribution is 2.49. The summed E-state index contributed by atoms with van der Waals surface area (Å²) < 4.78 is 0. The summed E-state index contributed by atoms with van der Waals surface area (Å²) in [7, 11) is 0. The molecule has 0 aliphatic heterocycles. The molecule has 0 saturated heterocycles. The van der Waals surface area contributed by atoms with Crippen molar-refractivity contribution in [2.24, 2.45) is 0 Å². The van der Waals surface area contributed by atoms with Gasteiger partial charge in [-0.3, -0.25) is 0 Å². The van der Waals surface area contributed by atoms with Crippen molar-refractivity contribution in [3.63, 3.8) is 0 Å². The molecule has 122 valence electrons. The second-order valence-electron chi connectivity index (χ2n) is 8.19. The van der Waals surface area contributed by atoms with Crippen LogP contribution in [0.4, 0.5) is 0 Å². The van der Waals surface area contributed by atoms with E-state index in [0.29, 0.717) is 0 Å². The third kappa shape index (κ3) is 1.30. The molecular weight excluding hydrogens is 312 g/mol. The number of benzene rings is 6. The van der Waals surface area contributed by atoms with Crippen molar-refractivity contribution >= 4 is 53.9 Å². The minimum Gasteiger partial charge on any atom is -0.0578 e. The lowest BCUT2D eigenvalue weighted by molar-refractivity contribution is 0.968. The molecule has 6 aromatic rings. The second kappa shape index (κ2) is 4.10. The lowest BCUT2D eigenvalue weighted by Gasteiger charge is -2.26. The fourth-order valence-corrected chi connectivity index (χ4v) is 5.78. The summed E-state index contributed by atoms with van der Waals surface area (Å²) in [6.07, 6.45) is 2.33. The number of hydrogen-bond donors (Lipinski definition) is 0. The van der Waals surface area contributed by atoms with Crippen LogP contribution in [0.2, 0.25) is 0 Å². The van der Waals surface area contributed by atoms with E-state index in [1.165, 1.54) is 70.6 Å². The molecule has 0 fully saturated rings. The molecule has 0 heterocycles. The van der Waals surface area contributed by atoms with E-state index in [0.717, 1.165) is 12.8 Å². The SMILES string of the molecule is Cc1cc2c3c4c(ccc5c(C)cc6ccc7ccc1c3c7c6c54)CC2. The lowest BCUT2D eigenvalue weighted by atomic mass is 9.77. The van der Waals surface area contributed by atoms with E-state index in [9.17, 15) is 0 Å². The van der Waals surface area contributed by atoms with Crippen LogP contribution in [0.5, 0.6) is 0 Å². The molecule has 7 rings (SSSR count). The monoisotopic (exact) mass is 330 g/mol. The summed E-state index contributed by atoms with van der Waals surface area (Å²) in [4.78, 5) is 0. The molecule has 0 nitrogen and oxygen atoms in total. The van der Waals surface area contributed by atoms with Crippen LogP contribution in [0.1, 0.15) is 22.3 Å². The summed E-state index contributed by atoms with van der Waals surface area (Å²) in [6, 6.07) is 18.9. The Kier molecular flexibility index (Phi) is 2.11. The van der Waals surface area contributed by atoms with Crippen LogP contribution in [-0.2, 0) is 12.8 Å². The molecule has 0 saturated carbocycles. The first kappa shape index (κ1) is 13.4. The zero-order valence-corrected chi connectivity index (χ0v) is 15.0. The van der Waals surface area contributed by atoms with Gasteiger partial charge < -0.3 is 0 Å². The van der Waals surface area contributed by atoms with E-state index in [4.69, 9.17) is 0 Å². The predicted octanol–water partition coefficient (Wildman–Crippen LogP) is 7.04. The van der Waals surface area contributed by atoms with Crippen molar-refractivity contribution in [3.8, 4) is 0 Å². The van der Waals surface area contributed by atoms with Crippen LogP contribution in [0.3, 0.4) is 0 Å². The Hall–Kier alpha value is -2.86. The van der Waals surface area contributed by atoms with Gasteiger partial charge in [-0.25, -0.2) is 0 Å². The average Bonchev–Trinajstić information content (AvgIpc) is 2.66. The van der Waals surface area contributed by atoms with Crippen molar-refractivity contribution in [2.45, 2.75) is 26.7 Å². The Balaban J connectivity index is 2.05. The fourth-order valence-electron chi connectivity index (χ4n) is 5.78. The Bertz CT molecular complexity index is 1510. The third-order valence-corrected chi connectivity index (χ3v) is 6.86. The molecule has 0 bridgehead atoms. The van der Waals surface area contributed by atoms with Gasteiger partial charge in [0.05, 0.1) is 0 Å². The van der Waals surface area contributed by atoms with E-state index < -0.39 is 0 Å². The summed E-state index contributed by atoms with van der Waals surface area (Å²) >= 11 is 0. The van der Waals surface area contributed by atoms with E-state index in [-0.39, 0.29) is 0 Å². The number of aryl methyl sites for hydroxylation is 4. The number of hydrogen-bond acceptors (Lipinski definition) is 0. The highest BCUT2D eigenvalue weighted by molar-refractivity contribution is 6.41. The fraction of sp³-hybridized carbons (Fsp3) is 0.154. The topological polar surface area (TPSA) is 0 Å². The standard InChI is InChI=1S/C26H18/c1-13-11-17-5-3-16-8-10-20-14(2)12-18-6-4-15-7-9-19(13)25-21(15)24(18)26(20)22(16)23(17)25/h3,5,7-12H,4,6H2,1-2H3. The van der Waals surface area contributed by atoms with Crippen LogP contribution < -0.4 is 0 Å². The lowest BCUT2D eigenvalue weighted by Crippen LogP contribution is -2.04. The Labute approximate surface area is 151 Å². The van der Waals surface area contributed by atoms with Crippen LogP contribution in [0, 0.1) is 13.8 Å². The molecule has 0 unspecified atom stereocenters. The van der Waals surface area contributed by atoms with Gasteiger partial charge >= 0.3 is 0 Å². The van der Waals surface area contributed by atoms with E-state index in [1.54, 1.807) is 5.56 Å². The largest absolute Gasteiger partial charge is 0.0578 e. The van der Waals surface area contributed by atoms with Gasteiger partial charge in [-0.2, -0.15) is 0 Å². The van der Waals surface area contributed by atoms with E-state index in [1.807, 2.05) is 0 Å². The predicted molar refractivity (Wildman–Crippen MR) is 113 cm³/mol. The van der Waals surface area contributed by atoms with Crippen LogP contribution in [-0.4, -0.2) is 0 Å². The van der Waals surface area contributed by atoms with Crippen LogP contribution in [0.15, 0.2) is 48.5 Å². The molecule has 0 atom stereocenters. The van der Waals surface area contributed by atoms with Crippen molar-refractivity contribution < 1.29 is 0 Å². The van der Waals surface area contributed by atoms with Crippen molar-refractivity contribution in [1.82, 2.24) is 0 Å². The molecule has 0 aromatic heterocycles. The van der Waals surface area contributed by atoms with Gasteiger partial charge in [-0.1, -0.05) is 48.5 Å². The van der Waals surface area contributed by atoms with Gasteiger partial charge in [0.25, 0.3) is 0 Å². The summed E-state index contributed by atoms with van der Waals surface area (Å²) in [5.74, 6) is 0. The minimum atomic E-state index is 1.16. The second-order valence-corrected chi connectivity index (χ2v) is 8.19. The van der Waals surface area contributed by atoms with Gasteiger partial charge in [-0.15, -0.1) is 0 Å². The first-order valence-electron chi connectivity index (χ1n) is 9.59. The van der Waals surface area contributed by atoms with Crippen molar-refractivity contribution in [2.75, 3.05) is 0 Å². The maximum atomic E-state index is 2.45. The van der Waals surface area contributed by atoms with Gasteiger partial charge in [0.1, 0.15) is 0 Å². The van der Waals surface area contributed by atoms with E-state index in [2.05, 4.69) is 62.4 Å². The molecule has 1 aliphatic rings. The normalized spacial score (nSPS) is 14.2. The first-order valence-corrected chi connectivity index (χ1v) is 9.59. The zero-order valence-electron chi connectivity index (χ0n) is 15.0. The first-order chi connectivity index (χ1) is 12.7. The molecule has 0 radical (unpaired) electrons. The minimum absolute atomic E-state index is 1.16. The maximum Gasteiger partial charge on any atom is -0.00138 e.